The second kappa shape index (κ2) is 5.78. The van der Waals surface area contributed by atoms with E-state index < -0.39 is 0 Å². The zero-order valence-electron chi connectivity index (χ0n) is 12.6. The lowest BCUT2D eigenvalue weighted by Gasteiger charge is -2.12. The number of carbonyl (C=O) groups excluding carboxylic acids is 1. The molecule has 0 saturated heterocycles. The van der Waals surface area contributed by atoms with Gasteiger partial charge >= 0.3 is 0 Å². The van der Waals surface area contributed by atoms with Crippen LogP contribution in [0.15, 0.2) is 55.0 Å². The van der Waals surface area contributed by atoms with Crippen LogP contribution in [-0.4, -0.2) is 33.5 Å². The van der Waals surface area contributed by atoms with Crippen molar-refractivity contribution in [2.24, 2.45) is 0 Å². The quantitative estimate of drug-likeness (QED) is 0.790. The van der Waals surface area contributed by atoms with E-state index >= 15 is 0 Å². The molecule has 4 heterocycles. The van der Waals surface area contributed by atoms with Crippen molar-refractivity contribution in [3.8, 4) is 0 Å². The topological polar surface area (TPSA) is 59.8 Å². The molecule has 0 atom stereocenters. The molecule has 0 aromatic carbocycles. The summed E-state index contributed by atoms with van der Waals surface area (Å²) in [6, 6.07) is 9.13. The maximum Gasteiger partial charge on any atom is 0.281 e. The molecular formula is C18H16N4O. The van der Waals surface area contributed by atoms with Gasteiger partial charge in [-0.25, -0.2) is 0 Å². The maximum absolute atomic E-state index is 12.8. The van der Waals surface area contributed by atoms with Crippen molar-refractivity contribution in [2.45, 2.75) is 6.42 Å². The van der Waals surface area contributed by atoms with Crippen molar-refractivity contribution in [1.29, 1.82) is 0 Å². The molecule has 1 aliphatic rings. The average molecular weight is 304 g/mol. The summed E-state index contributed by atoms with van der Waals surface area (Å²) in [7, 11) is 0. The van der Waals surface area contributed by atoms with Crippen LogP contribution in [0.1, 0.15) is 22.5 Å². The second-order valence-corrected chi connectivity index (χ2v) is 5.49. The third-order valence-corrected chi connectivity index (χ3v) is 4.07. The fraction of sp³-hybridized carbons (Fsp3) is 0.167. The van der Waals surface area contributed by atoms with Crippen LogP contribution in [0.5, 0.6) is 0 Å². The molecule has 23 heavy (non-hydrogen) atoms. The minimum Gasteiger partial charge on any atom is -0.313 e. The molecular weight excluding hydrogens is 288 g/mol. The van der Waals surface area contributed by atoms with Gasteiger partial charge in [0.2, 0.25) is 0 Å². The summed E-state index contributed by atoms with van der Waals surface area (Å²) in [4.78, 5) is 21.5. The molecule has 0 radical (unpaired) electrons. The molecule has 0 spiro atoms. The molecule has 0 fully saturated rings. The zero-order valence-corrected chi connectivity index (χ0v) is 12.6. The van der Waals surface area contributed by atoms with E-state index in [1.54, 1.807) is 29.1 Å². The predicted molar refractivity (Wildman–Crippen MR) is 89.2 cm³/mol. The number of nitrogens with one attached hydrogen (secondary N) is 1. The van der Waals surface area contributed by atoms with Crippen LogP contribution in [0.4, 0.5) is 0 Å². The molecule has 0 bridgehead atoms. The van der Waals surface area contributed by atoms with Crippen LogP contribution in [-0.2, 0) is 0 Å². The van der Waals surface area contributed by atoms with Gasteiger partial charge in [0, 0.05) is 30.7 Å². The Morgan fingerprint density at radius 2 is 2.04 bits per heavy atom. The van der Waals surface area contributed by atoms with Gasteiger partial charge in [-0.2, -0.15) is 0 Å². The van der Waals surface area contributed by atoms with Gasteiger partial charge in [-0.05, 0) is 42.8 Å². The summed E-state index contributed by atoms with van der Waals surface area (Å²) in [5.74, 6) is -0.135. The molecule has 0 unspecified atom stereocenters. The smallest absolute Gasteiger partial charge is 0.281 e. The van der Waals surface area contributed by atoms with Crippen LogP contribution in [0.25, 0.3) is 16.6 Å². The Bertz CT molecular complexity index is 896. The lowest BCUT2D eigenvalue weighted by atomic mass is 10.0. The third kappa shape index (κ3) is 2.45. The number of hydrogen-bond acceptors (Lipinski definition) is 4. The Kier molecular flexibility index (Phi) is 3.48. The number of nitrogens with zero attached hydrogens (tertiary/aromatic N) is 3. The molecule has 0 amide bonds. The highest BCUT2D eigenvalue weighted by atomic mass is 16.2. The molecule has 0 aliphatic carbocycles. The van der Waals surface area contributed by atoms with Crippen LogP contribution in [0.2, 0.25) is 0 Å². The van der Waals surface area contributed by atoms with Crippen LogP contribution < -0.4 is 5.32 Å². The monoisotopic (exact) mass is 304 g/mol. The van der Waals surface area contributed by atoms with Gasteiger partial charge < -0.3 is 5.32 Å². The Morgan fingerprint density at radius 1 is 1.13 bits per heavy atom. The lowest BCUT2D eigenvalue weighted by molar-refractivity contribution is 0.0960. The predicted octanol–water partition coefficient (Wildman–Crippen LogP) is 2.50. The van der Waals surface area contributed by atoms with Gasteiger partial charge in [0.15, 0.2) is 0 Å². The molecule has 4 rings (SSSR count). The summed E-state index contributed by atoms with van der Waals surface area (Å²) < 4.78 is 1.66. The van der Waals surface area contributed by atoms with E-state index in [0.717, 1.165) is 36.1 Å². The Hall–Kier alpha value is -2.79. The van der Waals surface area contributed by atoms with E-state index in [2.05, 4.69) is 21.4 Å². The van der Waals surface area contributed by atoms with Crippen molar-refractivity contribution in [1.82, 2.24) is 19.9 Å². The highest BCUT2D eigenvalue weighted by Gasteiger charge is 2.19. The maximum atomic E-state index is 12.8. The molecule has 3 aromatic rings. The van der Waals surface area contributed by atoms with Crippen LogP contribution >= 0.6 is 0 Å². The fourth-order valence-electron chi connectivity index (χ4n) is 2.94. The fourth-order valence-corrected chi connectivity index (χ4v) is 2.94. The van der Waals surface area contributed by atoms with E-state index in [9.17, 15) is 4.79 Å². The van der Waals surface area contributed by atoms with Gasteiger partial charge in [0.05, 0.1) is 11.0 Å². The number of aromatic nitrogens is 3. The molecule has 5 nitrogen and oxygen atoms in total. The molecule has 114 valence electrons. The van der Waals surface area contributed by atoms with E-state index in [4.69, 9.17) is 0 Å². The summed E-state index contributed by atoms with van der Waals surface area (Å²) in [6.45, 7) is 1.79. The van der Waals surface area contributed by atoms with Crippen molar-refractivity contribution in [3.63, 3.8) is 0 Å². The van der Waals surface area contributed by atoms with Gasteiger partial charge in [0.25, 0.3) is 5.91 Å². The first-order chi connectivity index (χ1) is 11.3. The van der Waals surface area contributed by atoms with Crippen molar-refractivity contribution in [2.75, 3.05) is 13.1 Å². The second-order valence-electron chi connectivity index (χ2n) is 5.49. The zero-order chi connectivity index (χ0) is 15.6. The normalized spacial score (nSPS) is 14.7. The average Bonchev–Trinajstić information content (AvgIpc) is 3.02. The van der Waals surface area contributed by atoms with Gasteiger partial charge in [-0.3, -0.25) is 19.3 Å². The molecule has 3 aromatic heterocycles. The van der Waals surface area contributed by atoms with E-state index in [-0.39, 0.29) is 5.91 Å². The summed E-state index contributed by atoms with van der Waals surface area (Å²) >= 11 is 0. The molecule has 1 N–H and O–H groups in total. The first-order valence-corrected chi connectivity index (χ1v) is 7.66. The Balaban J connectivity index is 1.88. The highest BCUT2D eigenvalue weighted by Crippen LogP contribution is 2.28. The number of pyridine rings is 2. The van der Waals surface area contributed by atoms with Crippen molar-refractivity contribution >= 4 is 22.5 Å². The largest absolute Gasteiger partial charge is 0.313 e. The van der Waals surface area contributed by atoms with Crippen molar-refractivity contribution < 1.29 is 4.79 Å². The number of hydrogen-bond donors (Lipinski definition) is 1. The van der Waals surface area contributed by atoms with E-state index in [0.29, 0.717) is 5.69 Å². The first-order valence-electron chi connectivity index (χ1n) is 7.66. The van der Waals surface area contributed by atoms with Crippen molar-refractivity contribution in [3.05, 3.63) is 66.3 Å². The summed E-state index contributed by atoms with van der Waals surface area (Å²) in [6.07, 6.45) is 8.40. The molecule has 5 heteroatoms. The van der Waals surface area contributed by atoms with Gasteiger partial charge in [-0.1, -0.05) is 12.1 Å². The summed E-state index contributed by atoms with van der Waals surface area (Å²) in [5.41, 5.74) is 4.38. The van der Waals surface area contributed by atoms with Gasteiger partial charge in [-0.15, -0.1) is 0 Å². The lowest BCUT2D eigenvalue weighted by Crippen LogP contribution is -2.20. The Morgan fingerprint density at radius 3 is 2.83 bits per heavy atom. The minimum absolute atomic E-state index is 0.135. The van der Waals surface area contributed by atoms with Gasteiger partial charge in [0.1, 0.15) is 5.69 Å². The number of fused-ring (bicyclic) bond motifs is 1. The number of rotatable bonds is 2. The minimum atomic E-state index is -0.135. The van der Waals surface area contributed by atoms with E-state index in [1.165, 1.54) is 5.57 Å². The summed E-state index contributed by atoms with van der Waals surface area (Å²) in [5, 5.41) is 3.31. The molecule has 0 saturated carbocycles. The Labute approximate surface area is 133 Å². The highest BCUT2D eigenvalue weighted by molar-refractivity contribution is 6.03. The van der Waals surface area contributed by atoms with E-state index in [1.807, 2.05) is 24.4 Å². The SMILES string of the molecule is O=C(c1ccccn1)n1cc(C2=CCNCC2)c2ncccc21. The third-order valence-electron chi connectivity index (χ3n) is 4.07. The van der Waals surface area contributed by atoms with Crippen LogP contribution in [0.3, 0.4) is 0 Å². The molecule has 1 aliphatic heterocycles. The number of carbonyl (C=O) groups is 1. The first kappa shape index (κ1) is 13.8. The van der Waals surface area contributed by atoms with Crippen LogP contribution in [0, 0.1) is 0 Å². The standard InChI is InChI=1S/C18H16N4O/c23-18(15-4-1-2-8-20-15)22-12-14(13-6-10-19-11-7-13)17-16(22)5-3-9-21-17/h1-6,8-9,12,19H,7,10-11H2.